The molecule has 3 nitrogen and oxygen atoms in total. The van der Waals surface area contributed by atoms with E-state index in [0.29, 0.717) is 40.9 Å². The van der Waals surface area contributed by atoms with Gasteiger partial charge in [0.1, 0.15) is 0 Å². The number of rotatable bonds is 6. The van der Waals surface area contributed by atoms with Crippen LogP contribution in [0.5, 0.6) is 11.5 Å². The molecule has 136 valence electrons. The summed E-state index contributed by atoms with van der Waals surface area (Å²) < 4.78 is 11.3. The van der Waals surface area contributed by atoms with Crippen LogP contribution >= 0.6 is 11.6 Å². The van der Waals surface area contributed by atoms with Gasteiger partial charge in [0.15, 0.2) is 11.5 Å². The van der Waals surface area contributed by atoms with Crippen molar-refractivity contribution >= 4 is 34.0 Å². The maximum Gasteiger partial charge on any atom is 0.162 e. The number of hydrogen-bond donors (Lipinski definition) is 0. The molecule has 0 unspecified atom stereocenters. The molecule has 0 atom stereocenters. The number of halogens is 1. The summed E-state index contributed by atoms with van der Waals surface area (Å²) in [6.07, 6.45) is 1.78. The van der Waals surface area contributed by atoms with Crippen LogP contribution < -0.4 is 9.47 Å². The lowest BCUT2D eigenvalue weighted by Crippen LogP contribution is -1.99. The number of allylic oxidation sites excluding steroid dienone is 1. The summed E-state index contributed by atoms with van der Waals surface area (Å²) in [7, 11) is 0. The van der Waals surface area contributed by atoms with Gasteiger partial charge in [-0.2, -0.15) is 5.26 Å². The monoisotopic (exact) mass is 377 g/mol. The Morgan fingerprint density at radius 1 is 0.963 bits per heavy atom. The molecule has 0 bridgehead atoms. The Morgan fingerprint density at radius 2 is 1.63 bits per heavy atom. The van der Waals surface area contributed by atoms with Gasteiger partial charge in [0.2, 0.25) is 0 Å². The Kier molecular flexibility index (Phi) is 6.01. The third-order valence-corrected chi connectivity index (χ3v) is 4.47. The third-order valence-electron chi connectivity index (χ3n) is 4.14. The van der Waals surface area contributed by atoms with Gasteiger partial charge < -0.3 is 9.47 Å². The van der Waals surface area contributed by atoms with E-state index in [1.807, 2.05) is 62.4 Å². The number of nitrogens with zero attached hydrogens (tertiary/aromatic N) is 1. The van der Waals surface area contributed by atoms with Crippen LogP contribution in [0.15, 0.2) is 54.6 Å². The molecule has 3 aromatic rings. The molecule has 0 amide bonds. The highest BCUT2D eigenvalue weighted by Crippen LogP contribution is 2.35. The van der Waals surface area contributed by atoms with Gasteiger partial charge in [-0.05, 0) is 54.0 Å². The predicted octanol–water partition coefficient (Wildman–Crippen LogP) is 6.35. The molecule has 4 heteroatoms. The number of ether oxygens (including phenoxy) is 2. The van der Waals surface area contributed by atoms with Gasteiger partial charge in [-0.1, -0.05) is 48.0 Å². The first-order chi connectivity index (χ1) is 13.2. The fourth-order valence-electron chi connectivity index (χ4n) is 2.89. The third kappa shape index (κ3) is 4.24. The van der Waals surface area contributed by atoms with Gasteiger partial charge in [0, 0.05) is 6.07 Å². The standard InChI is InChI=1S/C23H20ClNO2/c1-3-26-22-13-19(21(24)14-23(22)27-4-2)12-20(15-25)18-10-9-16-7-5-6-8-17(16)11-18/h5-14H,3-4H2,1-2H3/b20-12-. The minimum absolute atomic E-state index is 0.510. The molecule has 0 spiro atoms. The quantitative estimate of drug-likeness (QED) is 0.371. The fraction of sp³-hybridized carbons (Fsp3) is 0.174. The summed E-state index contributed by atoms with van der Waals surface area (Å²) in [6, 6.07) is 19.9. The van der Waals surface area contributed by atoms with Crippen molar-refractivity contribution in [2.45, 2.75) is 13.8 Å². The van der Waals surface area contributed by atoms with Crippen LogP contribution in [0.1, 0.15) is 25.0 Å². The maximum absolute atomic E-state index is 9.70. The van der Waals surface area contributed by atoms with Crippen LogP contribution in [0.25, 0.3) is 22.4 Å². The van der Waals surface area contributed by atoms with Crippen molar-refractivity contribution in [2.75, 3.05) is 13.2 Å². The van der Waals surface area contributed by atoms with Gasteiger partial charge in [0.05, 0.1) is 29.9 Å². The second kappa shape index (κ2) is 8.62. The Labute approximate surface area is 164 Å². The zero-order chi connectivity index (χ0) is 19.2. The minimum atomic E-state index is 0.510. The number of hydrogen-bond acceptors (Lipinski definition) is 3. The van der Waals surface area contributed by atoms with E-state index < -0.39 is 0 Å². The van der Waals surface area contributed by atoms with Crippen molar-refractivity contribution in [2.24, 2.45) is 0 Å². The van der Waals surface area contributed by atoms with E-state index >= 15 is 0 Å². The first-order valence-electron chi connectivity index (χ1n) is 8.86. The van der Waals surface area contributed by atoms with Gasteiger partial charge in [-0.15, -0.1) is 0 Å². The number of nitriles is 1. The van der Waals surface area contributed by atoms with E-state index in [0.717, 1.165) is 16.3 Å². The minimum Gasteiger partial charge on any atom is -0.490 e. The average molecular weight is 378 g/mol. The van der Waals surface area contributed by atoms with E-state index in [2.05, 4.69) is 6.07 Å². The smallest absolute Gasteiger partial charge is 0.162 e. The first kappa shape index (κ1) is 18.8. The highest BCUT2D eigenvalue weighted by Gasteiger charge is 2.11. The van der Waals surface area contributed by atoms with E-state index in [9.17, 15) is 5.26 Å². The van der Waals surface area contributed by atoms with Gasteiger partial charge in [0.25, 0.3) is 0 Å². The van der Waals surface area contributed by atoms with E-state index in [4.69, 9.17) is 21.1 Å². The lowest BCUT2D eigenvalue weighted by Gasteiger charge is -2.13. The van der Waals surface area contributed by atoms with Gasteiger partial charge in [-0.3, -0.25) is 0 Å². The highest BCUT2D eigenvalue weighted by atomic mass is 35.5. The van der Waals surface area contributed by atoms with Gasteiger partial charge in [-0.25, -0.2) is 0 Å². The van der Waals surface area contributed by atoms with Crippen molar-refractivity contribution in [1.82, 2.24) is 0 Å². The number of benzene rings is 3. The predicted molar refractivity (Wildman–Crippen MR) is 111 cm³/mol. The van der Waals surface area contributed by atoms with Crippen molar-refractivity contribution < 1.29 is 9.47 Å². The molecule has 0 aliphatic rings. The van der Waals surface area contributed by atoms with E-state index in [-0.39, 0.29) is 0 Å². The zero-order valence-electron chi connectivity index (χ0n) is 15.3. The van der Waals surface area contributed by atoms with Crippen molar-refractivity contribution in [3.05, 3.63) is 70.7 Å². The molecule has 0 saturated carbocycles. The van der Waals surface area contributed by atoms with Crippen molar-refractivity contribution in [3.63, 3.8) is 0 Å². The van der Waals surface area contributed by atoms with Crippen LogP contribution in [0.2, 0.25) is 5.02 Å². The van der Waals surface area contributed by atoms with Gasteiger partial charge >= 0.3 is 0 Å². The highest BCUT2D eigenvalue weighted by molar-refractivity contribution is 6.32. The lowest BCUT2D eigenvalue weighted by molar-refractivity contribution is 0.288. The topological polar surface area (TPSA) is 42.2 Å². The summed E-state index contributed by atoms with van der Waals surface area (Å²) >= 11 is 6.43. The SMILES string of the molecule is CCOc1cc(Cl)c(/C=C(/C#N)c2ccc3ccccc3c2)cc1OCC. The molecular weight excluding hydrogens is 358 g/mol. The Bertz CT molecular complexity index is 1030. The van der Waals surface area contributed by atoms with E-state index in [1.54, 1.807) is 12.1 Å². The average Bonchev–Trinajstić information content (AvgIpc) is 2.69. The molecule has 0 saturated heterocycles. The largest absolute Gasteiger partial charge is 0.490 e. The molecule has 0 N–H and O–H groups in total. The summed E-state index contributed by atoms with van der Waals surface area (Å²) in [5.41, 5.74) is 2.10. The summed E-state index contributed by atoms with van der Waals surface area (Å²) in [6.45, 7) is 4.85. The van der Waals surface area contributed by atoms with Crippen LogP contribution in [0.3, 0.4) is 0 Å². The van der Waals surface area contributed by atoms with Crippen molar-refractivity contribution in [3.8, 4) is 17.6 Å². The molecule has 3 rings (SSSR count). The second-order valence-corrected chi connectivity index (χ2v) is 6.33. The molecule has 0 aliphatic carbocycles. The first-order valence-corrected chi connectivity index (χ1v) is 9.24. The van der Waals surface area contributed by atoms with Crippen LogP contribution in [-0.4, -0.2) is 13.2 Å². The molecule has 0 aliphatic heterocycles. The van der Waals surface area contributed by atoms with Crippen LogP contribution in [0, 0.1) is 11.3 Å². The van der Waals surface area contributed by atoms with Crippen LogP contribution in [0.4, 0.5) is 0 Å². The molecular formula is C23H20ClNO2. The molecule has 27 heavy (non-hydrogen) atoms. The molecule has 3 aromatic carbocycles. The summed E-state index contributed by atoms with van der Waals surface area (Å²) in [4.78, 5) is 0. The normalized spacial score (nSPS) is 11.3. The van der Waals surface area contributed by atoms with Crippen molar-refractivity contribution in [1.29, 1.82) is 5.26 Å². The number of fused-ring (bicyclic) bond motifs is 1. The maximum atomic E-state index is 9.70. The Morgan fingerprint density at radius 3 is 2.30 bits per heavy atom. The molecule has 0 radical (unpaired) electrons. The Hall–Kier alpha value is -2.96. The zero-order valence-corrected chi connectivity index (χ0v) is 16.1. The second-order valence-electron chi connectivity index (χ2n) is 5.92. The van der Waals surface area contributed by atoms with E-state index in [1.165, 1.54) is 0 Å². The summed E-state index contributed by atoms with van der Waals surface area (Å²) in [5.74, 6) is 1.22. The van der Waals surface area contributed by atoms with Crippen LogP contribution in [-0.2, 0) is 0 Å². The lowest BCUT2D eigenvalue weighted by atomic mass is 10.00. The Balaban J connectivity index is 2.06. The fourth-order valence-corrected chi connectivity index (χ4v) is 3.10. The molecule has 0 aromatic heterocycles. The summed E-state index contributed by atoms with van der Waals surface area (Å²) in [5, 5.41) is 12.4. The molecule has 0 fully saturated rings. The molecule has 0 heterocycles.